The Morgan fingerprint density at radius 3 is 2.48 bits per heavy atom. The number of rotatable bonds is 4. The summed E-state index contributed by atoms with van der Waals surface area (Å²) in [6.45, 7) is -1.18. The highest BCUT2D eigenvalue weighted by Crippen LogP contribution is 2.22. The standard InChI is InChI=1S/C13H14F2N4O2/c1-7-10(16)11(19(2)18-7)17-12(20)8-3-5-9(6-4-8)21-13(14)15/h3-6,13H,16H2,1-2H3,(H,17,20). The van der Waals surface area contributed by atoms with E-state index in [0.717, 1.165) is 0 Å². The molecule has 1 heterocycles. The van der Waals surface area contributed by atoms with Crippen molar-refractivity contribution in [2.75, 3.05) is 11.1 Å². The molecule has 0 unspecified atom stereocenters. The molecule has 0 aliphatic carbocycles. The largest absolute Gasteiger partial charge is 0.435 e. The van der Waals surface area contributed by atoms with Gasteiger partial charge in [0.15, 0.2) is 5.82 Å². The van der Waals surface area contributed by atoms with Crippen LogP contribution in [0.3, 0.4) is 0 Å². The molecule has 2 aromatic rings. The molecule has 0 bridgehead atoms. The molecule has 0 saturated heterocycles. The van der Waals surface area contributed by atoms with Crippen LogP contribution in [-0.4, -0.2) is 22.3 Å². The number of benzene rings is 1. The highest BCUT2D eigenvalue weighted by atomic mass is 19.3. The molecule has 0 fully saturated rings. The summed E-state index contributed by atoms with van der Waals surface area (Å²) >= 11 is 0. The predicted octanol–water partition coefficient (Wildman–Crippen LogP) is 2.16. The lowest BCUT2D eigenvalue weighted by molar-refractivity contribution is -0.0498. The second-order valence-corrected chi connectivity index (χ2v) is 4.33. The normalized spacial score (nSPS) is 10.7. The Morgan fingerprint density at radius 1 is 1.38 bits per heavy atom. The number of aryl methyl sites for hydroxylation is 2. The zero-order chi connectivity index (χ0) is 15.6. The number of nitrogens with zero attached hydrogens (tertiary/aromatic N) is 2. The Labute approximate surface area is 119 Å². The average Bonchev–Trinajstić information content (AvgIpc) is 2.65. The average molecular weight is 296 g/mol. The summed E-state index contributed by atoms with van der Waals surface area (Å²) in [5.41, 5.74) is 7.08. The summed E-state index contributed by atoms with van der Waals surface area (Å²) in [4.78, 5) is 12.1. The molecule has 3 N–H and O–H groups in total. The maximum absolute atomic E-state index is 12.1. The number of amides is 1. The summed E-state index contributed by atoms with van der Waals surface area (Å²) in [7, 11) is 1.65. The van der Waals surface area contributed by atoms with E-state index in [0.29, 0.717) is 17.2 Å². The van der Waals surface area contributed by atoms with Crippen LogP contribution in [-0.2, 0) is 7.05 Å². The molecule has 2 rings (SSSR count). The molecule has 21 heavy (non-hydrogen) atoms. The van der Waals surface area contributed by atoms with Crippen LogP contribution in [0.2, 0.25) is 0 Å². The van der Waals surface area contributed by atoms with Crippen LogP contribution < -0.4 is 15.8 Å². The highest BCUT2D eigenvalue weighted by Gasteiger charge is 2.14. The lowest BCUT2D eigenvalue weighted by atomic mass is 10.2. The molecule has 1 amide bonds. The number of hydrogen-bond donors (Lipinski definition) is 2. The second-order valence-electron chi connectivity index (χ2n) is 4.33. The first-order chi connectivity index (χ1) is 9.88. The van der Waals surface area contributed by atoms with Gasteiger partial charge in [-0.1, -0.05) is 0 Å². The lowest BCUT2D eigenvalue weighted by Gasteiger charge is -2.08. The van der Waals surface area contributed by atoms with Gasteiger partial charge in [0.2, 0.25) is 0 Å². The number of anilines is 2. The number of alkyl halides is 2. The Kier molecular flexibility index (Phi) is 4.06. The van der Waals surface area contributed by atoms with Crippen LogP contribution in [0.1, 0.15) is 16.1 Å². The van der Waals surface area contributed by atoms with E-state index in [1.54, 1.807) is 14.0 Å². The molecular weight excluding hydrogens is 282 g/mol. The van der Waals surface area contributed by atoms with Gasteiger partial charge in [-0.3, -0.25) is 9.48 Å². The summed E-state index contributed by atoms with van der Waals surface area (Å²) in [6, 6.07) is 5.34. The molecular formula is C13H14F2N4O2. The summed E-state index contributed by atoms with van der Waals surface area (Å²) in [5.74, 6) is -0.0591. The maximum atomic E-state index is 12.1. The van der Waals surface area contributed by atoms with Gasteiger partial charge >= 0.3 is 6.61 Å². The number of carbonyl (C=O) groups excluding carboxylic acids is 1. The van der Waals surface area contributed by atoms with E-state index >= 15 is 0 Å². The molecule has 1 aromatic carbocycles. The Hall–Kier alpha value is -2.64. The zero-order valence-corrected chi connectivity index (χ0v) is 11.4. The van der Waals surface area contributed by atoms with Crippen LogP contribution >= 0.6 is 0 Å². The molecule has 0 aliphatic heterocycles. The van der Waals surface area contributed by atoms with Crippen molar-refractivity contribution in [2.45, 2.75) is 13.5 Å². The van der Waals surface area contributed by atoms with Crippen molar-refractivity contribution in [3.63, 3.8) is 0 Å². The van der Waals surface area contributed by atoms with Gasteiger partial charge in [0.05, 0.1) is 11.4 Å². The number of aromatic nitrogens is 2. The van der Waals surface area contributed by atoms with Gasteiger partial charge in [-0.2, -0.15) is 13.9 Å². The summed E-state index contributed by atoms with van der Waals surface area (Å²) in [5, 5.41) is 6.70. The fourth-order valence-corrected chi connectivity index (χ4v) is 1.79. The minimum absolute atomic E-state index is 0.0163. The molecule has 112 valence electrons. The Balaban J connectivity index is 2.13. The van der Waals surface area contributed by atoms with Crippen LogP contribution in [0.25, 0.3) is 0 Å². The number of nitrogens with one attached hydrogen (secondary N) is 1. The van der Waals surface area contributed by atoms with Gasteiger partial charge in [0.1, 0.15) is 5.75 Å². The van der Waals surface area contributed by atoms with E-state index in [4.69, 9.17) is 5.73 Å². The van der Waals surface area contributed by atoms with Gasteiger partial charge in [-0.15, -0.1) is 0 Å². The van der Waals surface area contributed by atoms with Gasteiger partial charge in [0, 0.05) is 12.6 Å². The number of ether oxygens (including phenoxy) is 1. The highest BCUT2D eigenvalue weighted by molar-refractivity contribution is 6.05. The van der Waals surface area contributed by atoms with E-state index < -0.39 is 12.5 Å². The van der Waals surface area contributed by atoms with Crippen molar-refractivity contribution in [2.24, 2.45) is 7.05 Å². The van der Waals surface area contributed by atoms with Gasteiger partial charge < -0.3 is 15.8 Å². The topological polar surface area (TPSA) is 82.2 Å². The van der Waals surface area contributed by atoms with Crippen LogP contribution in [0.4, 0.5) is 20.3 Å². The number of nitrogens with two attached hydrogens (primary N) is 1. The number of hydrogen-bond acceptors (Lipinski definition) is 4. The maximum Gasteiger partial charge on any atom is 0.387 e. The van der Waals surface area contributed by atoms with Crippen LogP contribution in [0.15, 0.2) is 24.3 Å². The summed E-state index contributed by atoms with van der Waals surface area (Å²) < 4.78 is 29.7. The van der Waals surface area contributed by atoms with Gasteiger partial charge in [-0.25, -0.2) is 0 Å². The Morgan fingerprint density at radius 2 is 2.00 bits per heavy atom. The van der Waals surface area contributed by atoms with E-state index in [9.17, 15) is 13.6 Å². The van der Waals surface area contributed by atoms with Crippen molar-refractivity contribution in [3.8, 4) is 5.75 Å². The Bertz CT molecular complexity index is 653. The molecule has 8 heteroatoms. The second kappa shape index (κ2) is 5.78. The molecule has 1 aromatic heterocycles. The van der Waals surface area contributed by atoms with E-state index in [2.05, 4.69) is 15.2 Å². The third kappa shape index (κ3) is 3.28. The van der Waals surface area contributed by atoms with Crippen molar-refractivity contribution < 1.29 is 18.3 Å². The number of nitrogen functional groups attached to an aromatic ring is 1. The molecule has 0 atom stereocenters. The van der Waals surface area contributed by atoms with Crippen molar-refractivity contribution in [1.29, 1.82) is 0 Å². The molecule has 0 saturated carbocycles. The zero-order valence-electron chi connectivity index (χ0n) is 11.4. The number of halogens is 2. The van der Waals surface area contributed by atoms with Gasteiger partial charge in [0.25, 0.3) is 5.91 Å². The number of carbonyl (C=O) groups is 1. The first kappa shape index (κ1) is 14.8. The fourth-order valence-electron chi connectivity index (χ4n) is 1.79. The minimum Gasteiger partial charge on any atom is -0.435 e. The molecule has 0 spiro atoms. The summed E-state index contributed by atoms with van der Waals surface area (Å²) in [6.07, 6.45) is 0. The van der Waals surface area contributed by atoms with E-state index in [1.165, 1.54) is 28.9 Å². The fraction of sp³-hybridized carbons (Fsp3) is 0.231. The van der Waals surface area contributed by atoms with Crippen molar-refractivity contribution in [3.05, 3.63) is 35.5 Å². The molecule has 6 nitrogen and oxygen atoms in total. The molecule has 0 aliphatic rings. The SMILES string of the molecule is Cc1nn(C)c(NC(=O)c2ccc(OC(F)F)cc2)c1N. The van der Waals surface area contributed by atoms with Crippen molar-refractivity contribution >= 4 is 17.4 Å². The van der Waals surface area contributed by atoms with E-state index in [1.807, 2.05) is 0 Å². The van der Waals surface area contributed by atoms with Crippen LogP contribution in [0.5, 0.6) is 5.75 Å². The van der Waals surface area contributed by atoms with Gasteiger partial charge in [-0.05, 0) is 31.2 Å². The predicted molar refractivity (Wildman–Crippen MR) is 73.4 cm³/mol. The monoisotopic (exact) mass is 296 g/mol. The third-order valence-corrected chi connectivity index (χ3v) is 2.84. The lowest BCUT2D eigenvalue weighted by Crippen LogP contribution is -2.15. The smallest absolute Gasteiger partial charge is 0.387 e. The molecule has 0 radical (unpaired) electrons. The quantitative estimate of drug-likeness (QED) is 0.905. The first-order valence-corrected chi connectivity index (χ1v) is 6.03. The minimum atomic E-state index is -2.90. The van der Waals surface area contributed by atoms with Crippen LogP contribution in [0, 0.1) is 6.92 Å². The van der Waals surface area contributed by atoms with Crippen molar-refractivity contribution in [1.82, 2.24) is 9.78 Å². The first-order valence-electron chi connectivity index (χ1n) is 6.03. The third-order valence-electron chi connectivity index (χ3n) is 2.84. The van der Waals surface area contributed by atoms with E-state index in [-0.39, 0.29) is 11.3 Å².